The molecule has 1 rings (SSSR count). The van der Waals surface area contributed by atoms with Gasteiger partial charge in [0.2, 0.25) is 10.0 Å². The van der Waals surface area contributed by atoms with Crippen molar-refractivity contribution >= 4 is 10.0 Å². The number of sulfonamides is 1. The summed E-state index contributed by atoms with van der Waals surface area (Å²) in [4.78, 5) is 0. The van der Waals surface area contributed by atoms with Crippen molar-refractivity contribution in [1.29, 1.82) is 0 Å². The van der Waals surface area contributed by atoms with Gasteiger partial charge in [0, 0.05) is 6.04 Å². The molecule has 4 heteroatoms. The lowest BCUT2D eigenvalue weighted by Crippen LogP contribution is -2.32. The largest absolute Gasteiger partial charge is 0.213 e. The van der Waals surface area contributed by atoms with Gasteiger partial charge in [0.15, 0.2) is 0 Å². The molecular weight excluding hydrogens is 162 g/mol. The second-order valence-electron chi connectivity index (χ2n) is 3.50. The first kappa shape index (κ1) is 9.00. The Morgan fingerprint density at radius 3 is 2.36 bits per heavy atom. The monoisotopic (exact) mass is 177 g/mol. The van der Waals surface area contributed by atoms with Crippen molar-refractivity contribution in [2.24, 2.45) is 5.92 Å². The van der Waals surface area contributed by atoms with Crippen LogP contribution in [0.3, 0.4) is 0 Å². The second-order valence-corrected chi connectivity index (χ2v) is 5.30. The summed E-state index contributed by atoms with van der Waals surface area (Å²) in [6.45, 7) is 3.68. The van der Waals surface area contributed by atoms with E-state index >= 15 is 0 Å². The van der Waals surface area contributed by atoms with Gasteiger partial charge in [-0.05, 0) is 32.6 Å². The normalized spacial score (nSPS) is 19.2. The van der Waals surface area contributed by atoms with E-state index in [1.54, 1.807) is 0 Å². The fourth-order valence-electron chi connectivity index (χ4n) is 1.00. The second kappa shape index (κ2) is 3.11. The van der Waals surface area contributed by atoms with Crippen LogP contribution >= 0.6 is 0 Å². The highest BCUT2D eigenvalue weighted by Crippen LogP contribution is 2.29. The van der Waals surface area contributed by atoms with Gasteiger partial charge in [-0.2, -0.15) is 0 Å². The molecule has 0 atom stereocenters. The maximum Gasteiger partial charge on any atom is 0.212 e. The van der Waals surface area contributed by atoms with Crippen molar-refractivity contribution in [3.05, 3.63) is 0 Å². The first-order chi connectivity index (χ1) is 4.99. The van der Waals surface area contributed by atoms with Crippen molar-refractivity contribution < 1.29 is 8.42 Å². The quantitative estimate of drug-likeness (QED) is 0.688. The fourth-order valence-corrected chi connectivity index (χ4v) is 2.77. The van der Waals surface area contributed by atoms with Crippen LogP contribution in [0.5, 0.6) is 0 Å². The van der Waals surface area contributed by atoms with Crippen LogP contribution < -0.4 is 4.72 Å². The molecule has 0 aliphatic heterocycles. The van der Waals surface area contributed by atoms with E-state index in [1.807, 2.05) is 13.8 Å². The Morgan fingerprint density at radius 1 is 1.45 bits per heavy atom. The summed E-state index contributed by atoms with van der Waals surface area (Å²) < 4.78 is 24.9. The minimum Gasteiger partial charge on any atom is -0.213 e. The highest BCUT2D eigenvalue weighted by atomic mass is 32.2. The maximum atomic E-state index is 11.2. The summed E-state index contributed by atoms with van der Waals surface area (Å²) in [6, 6.07) is 0.0266. The number of nitrogens with one attached hydrogen (secondary N) is 1. The first-order valence-electron chi connectivity index (χ1n) is 3.99. The Labute approximate surface area is 68.2 Å². The van der Waals surface area contributed by atoms with Crippen LogP contribution in [-0.4, -0.2) is 20.2 Å². The predicted molar refractivity (Wildman–Crippen MR) is 44.8 cm³/mol. The van der Waals surface area contributed by atoms with E-state index in [1.165, 1.54) is 0 Å². The van der Waals surface area contributed by atoms with Gasteiger partial charge in [-0.15, -0.1) is 0 Å². The molecule has 0 aromatic heterocycles. The van der Waals surface area contributed by atoms with E-state index in [9.17, 15) is 8.42 Å². The Kier molecular flexibility index (Phi) is 2.54. The highest BCUT2D eigenvalue weighted by Gasteiger charge is 2.27. The van der Waals surface area contributed by atoms with E-state index in [0.29, 0.717) is 11.7 Å². The van der Waals surface area contributed by atoms with Crippen LogP contribution in [0.2, 0.25) is 0 Å². The van der Waals surface area contributed by atoms with Crippen LogP contribution in [0.15, 0.2) is 0 Å². The lowest BCUT2D eigenvalue weighted by atomic mass is 10.4. The van der Waals surface area contributed by atoms with Crippen LogP contribution in [0, 0.1) is 5.92 Å². The lowest BCUT2D eigenvalue weighted by Gasteiger charge is -2.07. The van der Waals surface area contributed by atoms with Crippen molar-refractivity contribution in [2.75, 3.05) is 5.75 Å². The van der Waals surface area contributed by atoms with Gasteiger partial charge in [-0.1, -0.05) is 0 Å². The number of rotatable bonds is 4. The molecule has 0 radical (unpaired) electrons. The van der Waals surface area contributed by atoms with Crippen LogP contribution in [0.4, 0.5) is 0 Å². The molecule has 1 saturated carbocycles. The first-order valence-corrected chi connectivity index (χ1v) is 5.65. The third-order valence-corrected chi connectivity index (χ3v) is 3.31. The van der Waals surface area contributed by atoms with Gasteiger partial charge in [0.05, 0.1) is 5.75 Å². The fraction of sp³-hybridized carbons (Fsp3) is 1.00. The molecule has 1 aliphatic rings. The average Bonchev–Trinajstić information content (AvgIpc) is 2.43. The van der Waals surface area contributed by atoms with E-state index in [2.05, 4.69) is 4.72 Å². The number of hydrogen-bond donors (Lipinski definition) is 1. The molecule has 0 heterocycles. The van der Waals surface area contributed by atoms with Gasteiger partial charge in [-0.3, -0.25) is 0 Å². The molecule has 0 saturated heterocycles. The summed E-state index contributed by atoms with van der Waals surface area (Å²) in [7, 11) is -2.97. The standard InChI is InChI=1S/C7H15NO2S/c1-6(2)8-11(9,10)5-7-3-4-7/h6-8H,3-5H2,1-2H3. The molecule has 0 aromatic rings. The molecule has 1 aliphatic carbocycles. The summed E-state index contributed by atoms with van der Waals surface area (Å²) >= 11 is 0. The predicted octanol–water partition coefficient (Wildman–Crippen LogP) is 0.724. The van der Waals surface area contributed by atoms with Crippen molar-refractivity contribution in [1.82, 2.24) is 4.72 Å². The van der Waals surface area contributed by atoms with Crippen LogP contribution in [-0.2, 0) is 10.0 Å². The molecule has 1 fully saturated rings. The van der Waals surface area contributed by atoms with Gasteiger partial charge in [-0.25, -0.2) is 13.1 Å². The zero-order valence-electron chi connectivity index (χ0n) is 7.00. The Balaban J connectivity index is 2.38. The molecule has 0 unspecified atom stereocenters. The molecule has 1 N–H and O–H groups in total. The lowest BCUT2D eigenvalue weighted by molar-refractivity contribution is 0.566. The maximum absolute atomic E-state index is 11.2. The van der Waals surface area contributed by atoms with E-state index in [-0.39, 0.29) is 6.04 Å². The molecule has 0 amide bonds. The Hall–Kier alpha value is -0.0900. The SMILES string of the molecule is CC(C)NS(=O)(=O)CC1CC1. The zero-order valence-corrected chi connectivity index (χ0v) is 7.82. The smallest absolute Gasteiger partial charge is 0.212 e. The molecule has 3 nitrogen and oxygen atoms in total. The third kappa shape index (κ3) is 3.72. The zero-order chi connectivity index (χ0) is 8.48. The highest BCUT2D eigenvalue weighted by molar-refractivity contribution is 7.89. The van der Waals surface area contributed by atoms with Crippen LogP contribution in [0.1, 0.15) is 26.7 Å². The summed E-state index contributed by atoms with van der Waals surface area (Å²) in [5.74, 6) is 0.761. The summed E-state index contributed by atoms with van der Waals surface area (Å²) in [5, 5.41) is 0. The van der Waals surface area contributed by atoms with E-state index < -0.39 is 10.0 Å². The van der Waals surface area contributed by atoms with E-state index in [0.717, 1.165) is 12.8 Å². The molecular formula is C7H15NO2S. The van der Waals surface area contributed by atoms with Gasteiger partial charge in [0.25, 0.3) is 0 Å². The minimum atomic E-state index is -2.97. The van der Waals surface area contributed by atoms with E-state index in [4.69, 9.17) is 0 Å². The van der Waals surface area contributed by atoms with Gasteiger partial charge < -0.3 is 0 Å². The molecule has 11 heavy (non-hydrogen) atoms. The molecule has 0 spiro atoms. The van der Waals surface area contributed by atoms with Crippen molar-refractivity contribution in [3.63, 3.8) is 0 Å². The van der Waals surface area contributed by atoms with Crippen molar-refractivity contribution in [2.45, 2.75) is 32.7 Å². The number of hydrogen-bond acceptors (Lipinski definition) is 2. The third-order valence-electron chi connectivity index (χ3n) is 1.57. The minimum absolute atomic E-state index is 0.0266. The molecule has 0 aromatic carbocycles. The Bertz CT molecular complexity index is 207. The van der Waals surface area contributed by atoms with Gasteiger partial charge in [0.1, 0.15) is 0 Å². The average molecular weight is 177 g/mol. The van der Waals surface area contributed by atoms with Gasteiger partial charge >= 0.3 is 0 Å². The van der Waals surface area contributed by atoms with Crippen molar-refractivity contribution in [3.8, 4) is 0 Å². The topological polar surface area (TPSA) is 46.2 Å². The Morgan fingerprint density at radius 2 is 2.00 bits per heavy atom. The van der Waals surface area contributed by atoms with Crippen LogP contribution in [0.25, 0.3) is 0 Å². The summed E-state index contributed by atoms with van der Waals surface area (Å²) in [6.07, 6.45) is 2.16. The molecule has 0 bridgehead atoms. The summed E-state index contributed by atoms with van der Waals surface area (Å²) in [5.41, 5.74) is 0. The molecule has 66 valence electrons.